The van der Waals surface area contributed by atoms with Crippen molar-refractivity contribution >= 4 is 38.9 Å². The number of carbonyl (C=O) groups excluding carboxylic acids is 1. The van der Waals surface area contributed by atoms with E-state index in [0.717, 1.165) is 23.1 Å². The second-order valence-electron chi connectivity index (χ2n) is 7.38. The maximum absolute atomic E-state index is 14.0. The third-order valence-corrected chi connectivity index (χ3v) is 6.23. The lowest BCUT2D eigenvalue weighted by molar-refractivity contribution is -0.141. The van der Waals surface area contributed by atoms with Crippen LogP contribution in [-0.4, -0.2) is 47.8 Å². The van der Waals surface area contributed by atoms with Crippen molar-refractivity contribution in [3.63, 3.8) is 0 Å². The van der Waals surface area contributed by atoms with Gasteiger partial charge in [0.25, 0.3) is 5.56 Å². The molecule has 0 aliphatic rings. The number of rotatable bonds is 6. The Kier molecular flexibility index (Phi) is 6.59. The van der Waals surface area contributed by atoms with Crippen LogP contribution in [0.3, 0.4) is 0 Å². The molecule has 188 valence electrons. The Labute approximate surface area is 205 Å². The van der Waals surface area contributed by atoms with Gasteiger partial charge >= 0.3 is 12.1 Å². The first-order chi connectivity index (χ1) is 17.1. The average Bonchev–Trinajstić information content (AvgIpc) is 3.43. The number of H-pyrrole nitrogens is 1. The standard InChI is InChI=1S/C23H19F3N4O5S/c1-11(27-14-10-16(34-3)15(33-2)9-12(14)21(32)35-4)18-19(23(24,25)26)29-30(20(18)31)22-28-13-7-5-6-8-17(13)36-22/h5-10,29H,1-4H3. The van der Waals surface area contributed by atoms with Crippen LogP contribution < -0.4 is 15.0 Å². The van der Waals surface area contributed by atoms with Crippen LogP contribution in [0.5, 0.6) is 11.5 Å². The molecule has 2 heterocycles. The molecule has 0 aliphatic carbocycles. The lowest BCUT2D eigenvalue weighted by atomic mass is 10.1. The molecule has 0 atom stereocenters. The molecule has 13 heteroatoms. The van der Waals surface area contributed by atoms with Crippen LogP contribution in [0, 0.1) is 0 Å². The van der Waals surface area contributed by atoms with Crippen molar-refractivity contribution in [2.24, 2.45) is 4.99 Å². The third kappa shape index (κ3) is 4.44. The number of carbonyl (C=O) groups is 1. The zero-order valence-corrected chi connectivity index (χ0v) is 20.2. The summed E-state index contributed by atoms with van der Waals surface area (Å²) in [7, 11) is 3.84. The molecule has 0 radical (unpaired) electrons. The van der Waals surface area contributed by atoms with Crippen molar-refractivity contribution < 1.29 is 32.2 Å². The van der Waals surface area contributed by atoms with E-state index in [-0.39, 0.29) is 33.6 Å². The number of esters is 1. The number of nitrogens with zero attached hydrogens (tertiary/aromatic N) is 3. The number of aromatic nitrogens is 3. The van der Waals surface area contributed by atoms with Crippen LogP contribution in [0.25, 0.3) is 15.3 Å². The summed E-state index contributed by atoms with van der Waals surface area (Å²) in [6, 6.07) is 9.52. The number of halogens is 3. The third-order valence-electron chi connectivity index (χ3n) is 5.21. The monoisotopic (exact) mass is 520 g/mol. The Morgan fingerprint density at radius 3 is 2.39 bits per heavy atom. The van der Waals surface area contributed by atoms with E-state index in [1.807, 2.05) is 0 Å². The second kappa shape index (κ2) is 9.49. The first-order valence-electron chi connectivity index (χ1n) is 10.3. The number of nitrogens with one attached hydrogen (secondary N) is 1. The lowest BCUT2D eigenvalue weighted by Crippen LogP contribution is -2.20. The predicted molar refractivity (Wildman–Crippen MR) is 127 cm³/mol. The van der Waals surface area contributed by atoms with E-state index in [1.165, 1.54) is 33.3 Å². The van der Waals surface area contributed by atoms with Gasteiger partial charge in [0.1, 0.15) is 0 Å². The van der Waals surface area contributed by atoms with Crippen molar-refractivity contribution in [3.8, 4) is 16.6 Å². The molecule has 0 saturated heterocycles. The number of aliphatic imine (C=N–C) groups is 1. The molecule has 0 unspecified atom stereocenters. The van der Waals surface area contributed by atoms with Gasteiger partial charge in [-0.2, -0.15) is 17.9 Å². The largest absolute Gasteiger partial charge is 0.493 e. The first kappa shape index (κ1) is 25.0. The Morgan fingerprint density at radius 2 is 1.78 bits per heavy atom. The summed E-state index contributed by atoms with van der Waals surface area (Å²) in [4.78, 5) is 34.0. The van der Waals surface area contributed by atoms with Gasteiger partial charge in [-0.25, -0.2) is 9.78 Å². The quantitative estimate of drug-likeness (QED) is 0.291. The molecule has 0 saturated carbocycles. The maximum Gasteiger partial charge on any atom is 0.433 e. The van der Waals surface area contributed by atoms with Crippen molar-refractivity contribution in [1.29, 1.82) is 0 Å². The number of benzene rings is 2. The summed E-state index contributed by atoms with van der Waals surface area (Å²) >= 11 is 1.05. The molecule has 2 aromatic carbocycles. The number of methoxy groups -OCH3 is 3. The number of thiazole rings is 1. The molecule has 0 spiro atoms. The Balaban J connectivity index is 1.93. The van der Waals surface area contributed by atoms with E-state index in [2.05, 4.69) is 15.1 Å². The van der Waals surface area contributed by atoms with Crippen molar-refractivity contribution in [2.75, 3.05) is 21.3 Å². The summed E-state index contributed by atoms with van der Waals surface area (Å²) in [5.41, 5.74) is -2.93. The van der Waals surface area contributed by atoms with Crippen LogP contribution in [0.2, 0.25) is 0 Å². The Bertz CT molecular complexity index is 1520. The van der Waals surface area contributed by atoms with E-state index >= 15 is 0 Å². The molecule has 0 fully saturated rings. The minimum absolute atomic E-state index is 0.0344. The van der Waals surface area contributed by atoms with Crippen LogP contribution in [-0.2, 0) is 10.9 Å². The summed E-state index contributed by atoms with van der Waals surface area (Å²) in [6.45, 7) is 1.24. The molecule has 2 aromatic heterocycles. The number of aromatic amines is 1. The number of fused-ring (bicyclic) bond motifs is 1. The fourth-order valence-electron chi connectivity index (χ4n) is 3.54. The molecule has 0 aliphatic heterocycles. The van der Waals surface area contributed by atoms with Gasteiger partial charge in [0.2, 0.25) is 5.13 Å². The van der Waals surface area contributed by atoms with E-state index in [9.17, 15) is 22.8 Å². The lowest BCUT2D eigenvalue weighted by Gasteiger charge is -2.12. The van der Waals surface area contributed by atoms with E-state index in [0.29, 0.717) is 10.2 Å². The van der Waals surface area contributed by atoms with E-state index < -0.39 is 29.0 Å². The van der Waals surface area contributed by atoms with E-state index in [1.54, 1.807) is 24.3 Å². The van der Waals surface area contributed by atoms with Crippen LogP contribution >= 0.6 is 11.3 Å². The van der Waals surface area contributed by atoms with Crippen molar-refractivity contribution in [2.45, 2.75) is 13.1 Å². The zero-order valence-electron chi connectivity index (χ0n) is 19.4. The first-order valence-corrected chi connectivity index (χ1v) is 11.1. The van der Waals surface area contributed by atoms with Crippen LogP contribution in [0.4, 0.5) is 18.9 Å². The number of alkyl halides is 3. The normalized spacial score (nSPS) is 12.1. The van der Waals surface area contributed by atoms with Gasteiger partial charge in [0.15, 0.2) is 17.2 Å². The topological polar surface area (TPSA) is 108 Å². The van der Waals surface area contributed by atoms with Crippen LogP contribution in [0.15, 0.2) is 46.2 Å². The predicted octanol–water partition coefficient (Wildman–Crippen LogP) is 4.74. The van der Waals surface area contributed by atoms with Gasteiger partial charge in [-0.1, -0.05) is 23.5 Å². The Morgan fingerprint density at radius 1 is 1.11 bits per heavy atom. The molecule has 36 heavy (non-hydrogen) atoms. The zero-order chi connectivity index (χ0) is 26.2. The molecule has 0 amide bonds. The molecule has 4 rings (SSSR count). The summed E-state index contributed by atoms with van der Waals surface area (Å²) in [6.07, 6.45) is -4.91. The number of ether oxygens (including phenoxy) is 3. The minimum atomic E-state index is -4.91. The summed E-state index contributed by atoms with van der Waals surface area (Å²) < 4.78 is 58.5. The molecular formula is C23H19F3N4O5S. The van der Waals surface area contributed by atoms with Crippen LogP contribution in [0.1, 0.15) is 28.5 Å². The number of hydrogen-bond donors (Lipinski definition) is 1. The molecule has 1 N–H and O–H groups in total. The van der Waals surface area contributed by atoms with Crippen molar-refractivity contribution in [3.05, 3.63) is 63.6 Å². The summed E-state index contributed by atoms with van der Waals surface area (Å²) in [5, 5.41) is 2.17. The van der Waals surface area contributed by atoms with Gasteiger partial charge in [-0.15, -0.1) is 0 Å². The van der Waals surface area contributed by atoms with Gasteiger partial charge in [-0.3, -0.25) is 14.9 Å². The SMILES string of the molecule is COC(=O)c1cc(OC)c(OC)cc1N=C(C)c1c(C(F)(F)F)[nH]n(-c2nc3ccccc3s2)c1=O. The highest BCUT2D eigenvalue weighted by molar-refractivity contribution is 7.20. The molecular weight excluding hydrogens is 501 g/mol. The smallest absolute Gasteiger partial charge is 0.433 e. The van der Waals surface area contributed by atoms with Gasteiger partial charge in [0, 0.05) is 12.1 Å². The highest BCUT2D eigenvalue weighted by Crippen LogP contribution is 2.36. The minimum Gasteiger partial charge on any atom is -0.493 e. The van der Waals surface area contributed by atoms with Gasteiger partial charge in [0.05, 0.1) is 54.1 Å². The average molecular weight is 520 g/mol. The maximum atomic E-state index is 14.0. The Hall–Kier alpha value is -4.13. The fourth-order valence-corrected chi connectivity index (χ4v) is 4.46. The van der Waals surface area contributed by atoms with E-state index in [4.69, 9.17) is 14.2 Å². The number of hydrogen-bond acceptors (Lipinski definition) is 8. The highest BCUT2D eigenvalue weighted by atomic mass is 32.1. The highest BCUT2D eigenvalue weighted by Gasteiger charge is 2.39. The number of para-hydroxylation sites is 1. The van der Waals surface area contributed by atoms with Gasteiger partial charge in [-0.05, 0) is 19.1 Å². The molecule has 4 aromatic rings. The van der Waals surface area contributed by atoms with Gasteiger partial charge < -0.3 is 14.2 Å². The van der Waals surface area contributed by atoms with Crippen molar-refractivity contribution in [1.82, 2.24) is 14.8 Å². The fraction of sp³-hybridized carbons (Fsp3) is 0.217. The second-order valence-corrected chi connectivity index (χ2v) is 8.39. The molecule has 9 nitrogen and oxygen atoms in total. The molecule has 0 bridgehead atoms. The summed E-state index contributed by atoms with van der Waals surface area (Å²) in [5.74, 6) is -0.446.